The number of amides is 1. The summed E-state index contributed by atoms with van der Waals surface area (Å²) in [5.41, 5.74) is 1.10. The Morgan fingerprint density at radius 1 is 1.35 bits per heavy atom. The van der Waals surface area contributed by atoms with Gasteiger partial charge < -0.3 is 20.3 Å². The van der Waals surface area contributed by atoms with Crippen LogP contribution in [0.5, 0.6) is 5.75 Å². The number of halogens is 2. The number of rotatable bonds is 7. The quantitative estimate of drug-likeness (QED) is 0.729. The molecular weight excluding hydrogens is 337 g/mol. The molecule has 1 aromatic carbocycles. The standard InChI is InChI=1S/C16H25N3O2.2ClH/c1-17-10-5-8-16(20)18-13-9-11-19(12-13)14-6-3-4-7-15(14)21-2;;/h3-4,6-7,13,17H,5,8-12H2,1-2H3,(H,18,20);2*1H. The summed E-state index contributed by atoms with van der Waals surface area (Å²) in [7, 11) is 3.59. The number of nitrogens with zero attached hydrogens (tertiary/aromatic N) is 1. The van der Waals surface area contributed by atoms with E-state index in [9.17, 15) is 4.79 Å². The Hall–Kier alpha value is -1.17. The molecule has 2 rings (SSSR count). The minimum atomic E-state index is 0. The Balaban J connectivity index is 0.00000242. The maximum absolute atomic E-state index is 11.9. The molecule has 0 radical (unpaired) electrons. The molecule has 2 N–H and O–H groups in total. The maximum Gasteiger partial charge on any atom is 0.220 e. The van der Waals surface area contributed by atoms with Crippen LogP contribution >= 0.6 is 24.8 Å². The molecule has 0 saturated carbocycles. The first-order valence-corrected chi connectivity index (χ1v) is 7.56. The number of hydrogen-bond acceptors (Lipinski definition) is 4. The van der Waals surface area contributed by atoms with E-state index in [1.807, 2.05) is 25.2 Å². The summed E-state index contributed by atoms with van der Waals surface area (Å²) in [6.45, 7) is 2.67. The fourth-order valence-electron chi connectivity index (χ4n) is 2.71. The van der Waals surface area contributed by atoms with Gasteiger partial charge in [-0.1, -0.05) is 12.1 Å². The minimum Gasteiger partial charge on any atom is -0.495 e. The third-order valence-electron chi connectivity index (χ3n) is 3.81. The van der Waals surface area contributed by atoms with Gasteiger partial charge >= 0.3 is 0 Å². The lowest BCUT2D eigenvalue weighted by atomic mass is 10.2. The average Bonchev–Trinajstić information content (AvgIpc) is 2.95. The topological polar surface area (TPSA) is 53.6 Å². The lowest BCUT2D eigenvalue weighted by molar-refractivity contribution is -0.121. The van der Waals surface area contributed by atoms with Crippen molar-refractivity contribution < 1.29 is 9.53 Å². The van der Waals surface area contributed by atoms with Crippen LogP contribution in [0.4, 0.5) is 5.69 Å². The van der Waals surface area contributed by atoms with Crippen molar-refractivity contribution in [3.05, 3.63) is 24.3 Å². The van der Waals surface area contributed by atoms with Gasteiger partial charge in [0, 0.05) is 25.6 Å². The van der Waals surface area contributed by atoms with Gasteiger partial charge in [0.15, 0.2) is 0 Å². The van der Waals surface area contributed by atoms with Gasteiger partial charge in [0.25, 0.3) is 0 Å². The number of carbonyl (C=O) groups is 1. The molecule has 5 nitrogen and oxygen atoms in total. The van der Waals surface area contributed by atoms with E-state index in [-0.39, 0.29) is 36.8 Å². The molecule has 0 bridgehead atoms. The van der Waals surface area contributed by atoms with Crippen LogP contribution in [0.15, 0.2) is 24.3 Å². The van der Waals surface area contributed by atoms with Gasteiger partial charge in [-0.15, -0.1) is 24.8 Å². The Labute approximate surface area is 151 Å². The number of para-hydroxylation sites is 2. The molecule has 0 aliphatic carbocycles. The molecule has 1 heterocycles. The molecule has 1 aliphatic rings. The number of carbonyl (C=O) groups excluding carboxylic acids is 1. The highest BCUT2D eigenvalue weighted by molar-refractivity contribution is 5.85. The second-order valence-electron chi connectivity index (χ2n) is 5.38. The molecule has 0 aromatic heterocycles. The summed E-state index contributed by atoms with van der Waals surface area (Å²) in [6.07, 6.45) is 2.45. The third-order valence-corrected chi connectivity index (χ3v) is 3.81. The van der Waals surface area contributed by atoms with Gasteiger partial charge in [-0.05, 0) is 38.6 Å². The van der Waals surface area contributed by atoms with Crippen LogP contribution in [0, 0.1) is 0 Å². The van der Waals surface area contributed by atoms with Crippen LogP contribution in [-0.2, 0) is 4.79 Å². The molecule has 1 unspecified atom stereocenters. The van der Waals surface area contributed by atoms with Crippen LogP contribution in [0.1, 0.15) is 19.3 Å². The number of ether oxygens (including phenoxy) is 1. The zero-order valence-electron chi connectivity index (χ0n) is 13.7. The van der Waals surface area contributed by atoms with Crippen molar-refractivity contribution in [2.45, 2.75) is 25.3 Å². The van der Waals surface area contributed by atoms with E-state index in [2.05, 4.69) is 21.6 Å². The first kappa shape index (κ1) is 21.8. The Kier molecular flexibility index (Phi) is 10.8. The monoisotopic (exact) mass is 363 g/mol. The summed E-state index contributed by atoms with van der Waals surface area (Å²) in [4.78, 5) is 14.1. The zero-order chi connectivity index (χ0) is 15.1. The fraction of sp³-hybridized carbons (Fsp3) is 0.562. The molecule has 1 fully saturated rings. The average molecular weight is 364 g/mol. The number of anilines is 1. The Morgan fingerprint density at radius 3 is 2.78 bits per heavy atom. The minimum absolute atomic E-state index is 0. The predicted octanol–water partition coefficient (Wildman–Crippen LogP) is 2.23. The van der Waals surface area contributed by atoms with Crippen LogP contribution in [0.25, 0.3) is 0 Å². The molecule has 23 heavy (non-hydrogen) atoms. The van der Waals surface area contributed by atoms with Crippen LogP contribution < -0.4 is 20.3 Å². The molecule has 1 aromatic rings. The van der Waals surface area contributed by atoms with Gasteiger partial charge in [-0.2, -0.15) is 0 Å². The van der Waals surface area contributed by atoms with E-state index < -0.39 is 0 Å². The normalized spacial score (nSPS) is 16.3. The van der Waals surface area contributed by atoms with Crippen LogP contribution in [-0.4, -0.2) is 45.7 Å². The molecule has 1 aliphatic heterocycles. The van der Waals surface area contributed by atoms with Gasteiger partial charge in [0.2, 0.25) is 5.91 Å². The van der Waals surface area contributed by atoms with E-state index in [1.165, 1.54) is 0 Å². The van der Waals surface area contributed by atoms with Crippen molar-refractivity contribution in [2.24, 2.45) is 0 Å². The number of benzene rings is 1. The van der Waals surface area contributed by atoms with Crippen molar-refractivity contribution in [2.75, 3.05) is 38.7 Å². The lowest BCUT2D eigenvalue weighted by Gasteiger charge is -2.21. The van der Waals surface area contributed by atoms with Gasteiger partial charge in [0.05, 0.1) is 12.8 Å². The van der Waals surface area contributed by atoms with Gasteiger partial charge in [-0.25, -0.2) is 0 Å². The predicted molar refractivity (Wildman–Crippen MR) is 99.4 cm³/mol. The van der Waals surface area contributed by atoms with Crippen LogP contribution in [0.3, 0.4) is 0 Å². The van der Waals surface area contributed by atoms with E-state index in [0.717, 1.165) is 43.9 Å². The summed E-state index contributed by atoms with van der Waals surface area (Å²) in [5.74, 6) is 1.04. The maximum atomic E-state index is 11.9. The molecule has 1 atom stereocenters. The summed E-state index contributed by atoms with van der Waals surface area (Å²) < 4.78 is 5.40. The number of hydrogen-bond donors (Lipinski definition) is 2. The van der Waals surface area contributed by atoms with E-state index >= 15 is 0 Å². The highest BCUT2D eigenvalue weighted by Crippen LogP contribution is 2.30. The van der Waals surface area contributed by atoms with Crippen molar-refractivity contribution in [1.82, 2.24) is 10.6 Å². The Bertz CT molecular complexity index is 474. The SMILES string of the molecule is CNCCCC(=O)NC1CCN(c2ccccc2OC)C1.Cl.Cl. The van der Waals surface area contributed by atoms with E-state index in [1.54, 1.807) is 7.11 Å². The lowest BCUT2D eigenvalue weighted by Crippen LogP contribution is -2.37. The molecule has 0 spiro atoms. The number of nitrogens with one attached hydrogen (secondary N) is 2. The molecule has 1 amide bonds. The second-order valence-corrected chi connectivity index (χ2v) is 5.38. The van der Waals surface area contributed by atoms with E-state index in [4.69, 9.17) is 4.74 Å². The second kappa shape index (κ2) is 11.4. The first-order valence-electron chi connectivity index (χ1n) is 7.56. The van der Waals surface area contributed by atoms with Gasteiger partial charge in [0.1, 0.15) is 5.75 Å². The Morgan fingerprint density at radius 2 is 2.09 bits per heavy atom. The van der Waals surface area contributed by atoms with Crippen molar-refractivity contribution >= 4 is 36.4 Å². The smallest absolute Gasteiger partial charge is 0.220 e. The summed E-state index contributed by atoms with van der Waals surface area (Å²) in [5, 5.41) is 6.18. The van der Waals surface area contributed by atoms with Gasteiger partial charge in [-0.3, -0.25) is 4.79 Å². The number of methoxy groups -OCH3 is 1. The largest absolute Gasteiger partial charge is 0.495 e. The molecule has 1 saturated heterocycles. The fourth-order valence-corrected chi connectivity index (χ4v) is 2.71. The molecule has 132 valence electrons. The van der Waals surface area contributed by atoms with Crippen molar-refractivity contribution in [3.8, 4) is 5.75 Å². The highest BCUT2D eigenvalue weighted by atomic mass is 35.5. The summed E-state index contributed by atoms with van der Waals surface area (Å²) in [6, 6.07) is 8.26. The van der Waals surface area contributed by atoms with Crippen molar-refractivity contribution in [3.63, 3.8) is 0 Å². The third kappa shape index (κ3) is 6.45. The molecular formula is C16H27Cl2N3O2. The highest BCUT2D eigenvalue weighted by Gasteiger charge is 2.25. The van der Waals surface area contributed by atoms with E-state index in [0.29, 0.717) is 6.42 Å². The molecule has 7 heteroatoms. The first-order chi connectivity index (χ1) is 10.2. The summed E-state index contributed by atoms with van der Waals surface area (Å²) >= 11 is 0. The zero-order valence-corrected chi connectivity index (χ0v) is 15.3. The van der Waals surface area contributed by atoms with Crippen LogP contribution in [0.2, 0.25) is 0 Å². The van der Waals surface area contributed by atoms with Crippen molar-refractivity contribution in [1.29, 1.82) is 0 Å².